The number of fused-ring (bicyclic) bond motifs is 3. The number of thioether (sulfide) groups is 1. The van der Waals surface area contributed by atoms with Crippen LogP contribution >= 0.6 is 11.8 Å². The molecular weight excluding hydrogens is 470 g/mol. The van der Waals surface area contributed by atoms with Crippen molar-refractivity contribution in [2.75, 3.05) is 6.54 Å². The lowest BCUT2D eigenvalue weighted by Gasteiger charge is -2.15. The number of benzene rings is 3. The molecule has 0 aliphatic carbocycles. The molecule has 1 N–H and O–H groups in total. The molecule has 0 aliphatic rings. The van der Waals surface area contributed by atoms with Crippen LogP contribution in [-0.4, -0.2) is 36.9 Å². The van der Waals surface area contributed by atoms with Gasteiger partial charge in [0.2, 0.25) is 11.7 Å². The highest BCUT2D eigenvalue weighted by Gasteiger charge is 2.22. The number of nitrogens with zero attached hydrogens (tertiary/aromatic N) is 4. The molecule has 5 aromatic rings. The lowest BCUT2D eigenvalue weighted by Crippen LogP contribution is -2.32. The smallest absolute Gasteiger partial charge is 0.267 e. The summed E-state index contributed by atoms with van der Waals surface area (Å²) < 4.78 is 3.48. The second-order valence-corrected chi connectivity index (χ2v) is 10.2. The van der Waals surface area contributed by atoms with Gasteiger partial charge in [0, 0.05) is 6.54 Å². The zero-order valence-corrected chi connectivity index (χ0v) is 21.2. The first-order valence-corrected chi connectivity index (χ1v) is 12.8. The van der Waals surface area contributed by atoms with Crippen LogP contribution in [0.4, 0.5) is 0 Å². The first-order valence-electron chi connectivity index (χ1n) is 11.9. The number of aryl methyl sites for hydroxylation is 2. The molecule has 1 amide bonds. The van der Waals surface area contributed by atoms with Crippen LogP contribution in [0.5, 0.6) is 0 Å². The van der Waals surface area contributed by atoms with Gasteiger partial charge in [-0.15, -0.1) is 10.2 Å². The van der Waals surface area contributed by atoms with Crippen molar-refractivity contribution in [3.8, 4) is 5.69 Å². The van der Waals surface area contributed by atoms with E-state index in [4.69, 9.17) is 0 Å². The molecule has 3 aromatic carbocycles. The average molecular weight is 498 g/mol. The Labute approximate surface area is 213 Å². The van der Waals surface area contributed by atoms with Crippen molar-refractivity contribution in [2.24, 2.45) is 0 Å². The number of amides is 1. The predicted octanol–water partition coefficient (Wildman–Crippen LogP) is 4.49. The molecule has 0 saturated carbocycles. The predicted molar refractivity (Wildman–Crippen MR) is 144 cm³/mol. The van der Waals surface area contributed by atoms with Gasteiger partial charge in [-0.3, -0.25) is 14.0 Å². The fraction of sp³-hybridized carbons (Fsp3) is 0.214. The van der Waals surface area contributed by atoms with Gasteiger partial charge >= 0.3 is 0 Å². The van der Waals surface area contributed by atoms with Crippen LogP contribution in [0, 0.1) is 13.8 Å². The third kappa shape index (κ3) is 4.52. The Morgan fingerprint density at radius 2 is 1.75 bits per heavy atom. The van der Waals surface area contributed by atoms with Gasteiger partial charge in [0.1, 0.15) is 0 Å². The summed E-state index contributed by atoms with van der Waals surface area (Å²) in [6, 6.07) is 23.5. The van der Waals surface area contributed by atoms with Crippen molar-refractivity contribution in [3.05, 3.63) is 99.8 Å². The molecule has 1 atom stereocenters. The third-order valence-electron chi connectivity index (χ3n) is 6.20. The van der Waals surface area contributed by atoms with E-state index in [1.165, 1.54) is 17.3 Å². The molecule has 7 nitrogen and oxygen atoms in total. The van der Waals surface area contributed by atoms with Crippen molar-refractivity contribution < 1.29 is 4.79 Å². The first kappa shape index (κ1) is 23.8. The molecule has 5 rings (SSSR count). The van der Waals surface area contributed by atoms with Crippen molar-refractivity contribution in [1.82, 2.24) is 24.5 Å². The summed E-state index contributed by atoms with van der Waals surface area (Å²) in [4.78, 5) is 26.4. The molecule has 0 radical (unpaired) electrons. The summed E-state index contributed by atoms with van der Waals surface area (Å²) in [5.74, 6) is 0.351. The Morgan fingerprint density at radius 1 is 1.00 bits per heavy atom. The second-order valence-electron chi connectivity index (χ2n) is 8.85. The van der Waals surface area contributed by atoms with E-state index in [-0.39, 0.29) is 11.5 Å². The summed E-state index contributed by atoms with van der Waals surface area (Å²) >= 11 is 1.33. The van der Waals surface area contributed by atoms with Gasteiger partial charge in [0.25, 0.3) is 5.56 Å². The third-order valence-corrected chi connectivity index (χ3v) is 7.24. The Bertz CT molecular complexity index is 1620. The number of hydrogen-bond acceptors (Lipinski definition) is 5. The fourth-order valence-corrected chi connectivity index (χ4v) is 5.24. The molecule has 2 heterocycles. The van der Waals surface area contributed by atoms with Crippen LogP contribution in [0.15, 0.2) is 82.7 Å². The Morgan fingerprint density at radius 3 is 2.53 bits per heavy atom. The monoisotopic (exact) mass is 497 g/mol. The van der Waals surface area contributed by atoms with E-state index in [9.17, 15) is 9.59 Å². The second kappa shape index (κ2) is 9.99. The number of carbonyl (C=O) groups is 1. The minimum absolute atomic E-state index is 0.0697. The van der Waals surface area contributed by atoms with Crippen LogP contribution in [-0.2, 0) is 11.2 Å². The lowest BCUT2D eigenvalue weighted by atomic mass is 10.1. The summed E-state index contributed by atoms with van der Waals surface area (Å²) in [6.07, 6.45) is 0.768. The van der Waals surface area contributed by atoms with E-state index in [1.807, 2.05) is 98.0 Å². The highest BCUT2D eigenvalue weighted by molar-refractivity contribution is 8.00. The van der Waals surface area contributed by atoms with Gasteiger partial charge in [-0.2, -0.15) is 0 Å². The van der Waals surface area contributed by atoms with E-state index >= 15 is 0 Å². The summed E-state index contributed by atoms with van der Waals surface area (Å²) in [5, 5.41) is 12.6. The van der Waals surface area contributed by atoms with Crippen LogP contribution in [0.2, 0.25) is 0 Å². The molecule has 1 unspecified atom stereocenters. The number of para-hydroxylation sites is 1. The Hall–Kier alpha value is -3.91. The molecule has 8 heteroatoms. The topological polar surface area (TPSA) is 81.3 Å². The van der Waals surface area contributed by atoms with Gasteiger partial charge in [0.05, 0.1) is 21.8 Å². The summed E-state index contributed by atoms with van der Waals surface area (Å²) in [5.41, 5.74) is 4.58. The van der Waals surface area contributed by atoms with Gasteiger partial charge in [-0.25, -0.2) is 4.57 Å². The molecule has 0 saturated heterocycles. The number of hydrogen-bond donors (Lipinski definition) is 1. The molecule has 0 aliphatic heterocycles. The van der Waals surface area contributed by atoms with E-state index in [0.29, 0.717) is 28.4 Å². The maximum absolute atomic E-state index is 13.6. The molecule has 0 bridgehead atoms. The molecule has 0 spiro atoms. The van der Waals surface area contributed by atoms with Gasteiger partial charge in [-0.1, -0.05) is 71.9 Å². The zero-order chi connectivity index (χ0) is 25.2. The van der Waals surface area contributed by atoms with Crippen LogP contribution in [0.1, 0.15) is 23.6 Å². The molecule has 36 heavy (non-hydrogen) atoms. The number of nitrogens with one attached hydrogen (secondary N) is 1. The molecule has 182 valence electrons. The van der Waals surface area contributed by atoms with Crippen LogP contribution in [0.3, 0.4) is 0 Å². The Kier molecular flexibility index (Phi) is 6.61. The summed E-state index contributed by atoms with van der Waals surface area (Å²) in [6.45, 7) is 6.41. The number of aromatic nitrogens is 4. The van der Waals surface area contributed by atoms with Gasteiger partial charge in [0.15, 0.2) is 5.16 Å². The zero-order valence-electron chi connectivity index (χ0n) is 20.4. The maximum Gasteiger partial charge on any atom is 0.267 e. The quantitative estimate of drug-likeness (QED) is 0.335. The van der Waals surface area contributed by atoms with Crippen LogP contribution < -0.4 is 10.9 Å². The normalized spacial score (nSPS) is 12.2. The van der Waals surface area contributed by atoms with Crippen molar-refractivity contribution >= 4 is 34.3 Å². The fourth-order valence-electron chi connectivity index (χ4n) is 4.36. The van der Waals surface area contributed by atoms with E-state index in [1.54, 1.807) is 4.57 Å². The van der Waals surface area contributed by atoms with Crippen LogP contribution in [0.25, 0.3) is 22.4 Å². The summed E-state index contributed by atoms with van der Waals surface area (Å²) in [7, 11) is 0. The van der Waals surface area contributed by atoms with E-state index in [0.717, 1.165) is 23.2 Å². The maximum atomic E-state index is 13.6. The van der Waals surface area contributed by atoms with Crippen molar-refractivity contribution in [1.29, 1.82) is 0 Å². The van der Waals surface area contributed by atoms with Crippen molar-refractivity contribution in [3.63, 3.8) is 0 Å². The lowest BCUT2D eigenvalue weighted by molar-refractivity contribution is -0.120. The van der Waals surface area contributed by atoms with E-state index < -0.39 is 5.25 Å². The van der Waals surface area contributed by atoms with E-state index in [2.05, 4.69) is 15.5 Å². The molecule has 0 fully saturated rings. The van der Waals surface area contributed by atoms with Gasteiger partial charge < -0.3 is 5.32 Å². The largest absolute Gasteiger partial charge is 0.355 e. The molecular formula is C28H27N5O2S. The highest BCUT2D eigenvalue weighted by Crippen LogP contribution is 2.27. The number of carbonyl (C=O) groups excluding carboxylic acids is 1. The molecule has 2 aromatic heterocycles. The minimum Gasteiger partial charge on any atom is -0.355 e. The highest BCUT2D eigenvalue weighted by atomic mass is 32.2. The SMILES string of the molecule is Cc1ccc(-n2c(=O)c3ccccc3n3c(SC(C)C(=O)NCCc4ccccc4)nnc23)c(C)c1. The number of rotatable bonds is 7. The average Bonchev–Trinajstić information content (AvgIpc) is 3.29. The first-order chi connectivity index (χ1) is 17.4. The van der Waals surface area contributed by atoms with Gasteiger partial charge in [-0.05, 0) is 56.5 Å². The minimum atomic E-state index is -0.395. The van der Waals surface area contributed by atoms with Crippen molar-refractivity contribution in [2.45, 2.75) is 37.6 Å². The standard InChI is InChI=1S/C28H27N5O2S/c1-18-13-14-23(19(2)17-18)32-26(35)22-11-7-8-12-24(22)33-27(32)30-31-28(33)36-20(3)25(34)29-16-15-21-9-5-4-6-10-21/h4-14,17,20H,15-16H2,1-3H3,(H,29,34). The Balaban J connectivity index is 1.49.